The lowest BCUT2D eigenvalue weighted by atomic mass is 10.2. The smallest absolute Gasteiger partial charge is 0.260 e. The van der Waals surface area contributed by atoms with Gasteiger partial charge in [0.1, 0.15) is 23.6 Å². The second-order valence-electron chi connectivity index (χ2n) is 7.73. The molecule has 1 aromatic heterocycles. The predicted molar refractivity (Wildman–Crippen MR) is 124 cm³/mol. The Kier molecular flexibility index (Phi) is 6.75. The summed E-state index contributed by atoms with van der Waals surface area (Å²) in [4.78, 5) is 25.3. The molecule has 0 bridgehead atoms. The standard InChI is InChI=1S/C24H25ClN4O3/c1-17-8-9-20(25)21(12-17)32-23-13-22(26-16-27-23)28-10-11-29(18(2)14-28)24(30)15-31-19-6-4-3-5-7-19/h3-9,12-13,16,18H,10-11,14-15H2,1-2H3. The van der Waals surface area contributed by atoms with E-state index in [0.29, 0.717) is 42.0 Å². The lowest BCUT2D eigenvalue weighted by Gasteiger charge is -2.40. The molecule has 0 aliphatic carbocycles. The average Bonchev–Trinajstić information content (AvgIpc) is 2.81. The summed E-state index contributed by atoms with van der Waals surface area (Å²) < 4.78 is 11.5. The van der Waals surface area contributed by atoms with Gasteiger partial charge in [-0.3, -0.25) is 4.79 Å². The molecule has 2 heterocycles. The van der Waals surface area contributed by atoms with Crippen molar-refractivity contribution in [1.82, 2.24) is 14.9 Å². The Balaban J connectivity index is 1.37. The van der Waals surface area contributed by atoms with Crippen LogP contribution >= 0.6 is 11.6 Å². The molecule has 4 rings (SSSR count). The Morgan fingerprint density at radius 3 is 2.72 bits per heavy atom. The molecule has 2 aromatic carbocycles. The number of para-hydroxylation sites is 1. The van der Waals surface area contributed by atoms with E-state index >= 15 is 0 Å². The number of aromatic nitrogens is 2. The number of ether oxygens (including phenoxy) is 2. The van der Waals surface area contributed by atoms with Crippen LogP contribution in [0.3, 0.4) is 0 Å². The number of piperazine rings is 1. The molecule has 1 amide bonds. The monoisotopic (exact) mass is 452 g/mol. The molecule has 0 radical (unpaired) electrons. The SMILES string of the molecule is Cc1ccc(Cl)c(Oc2cc(N3CCN(C(=O)COc4ccccc4)C(C)C3)ncn2)c1. The van der Waals surface area contributed by atoms with Gasteiger partial charge in [-0.1, -0.05) is 35.9 Å². The van der Waals surface area contributed by atoms with Gasteiger partial charge in [0.2, 0.25) is 5.88 Å². The molecule has 1 aliphatic rings. The van der Waals surface area contributed by atoms with Crippen LogP contribution in [0.15, 0.2) is 60.9 Å². The molecule has 32 heavy (non-hydrogen) atoms. The Bertz CT molecular complexity index is 1080. The Morgan fingerprint density at radius 2 is 1.94 bits per heavy atom. The van der Waals surface area contributed by atoms with Crippen molar-refractivity contribution in [3.05, 3.63) is 71.5 Å². The first-order chi connectivity index (χ1) is 15.5. The quantitative estimate of drug-likeness (QED) is 0.554. The molecule has 3 aromatic rings. The zero-order valence-corrected chi connectivity index (χ0v) is 18.8. The van der Waals surface area contributed by atoms with Crippen LogP contribution in [-0.4, -0.2) is 53.1 Å². The van der Waals surface area contributed by atoms with E-state index in [1.807, 2.05) is 61.2 Å². The van der Waals surface area contributed by atoms with Crippen LogP contribution in [0, 0.1) is 6.92 Å². The minimum absolute atomic E-state index is 0.0150. The summed E-state index contributed by atoms with van der Waals surface area (Å²) in [6.45, 7) is 5.92. The van der Waals surface area contributed by atoms with Crippen molar-refractivity contribution in [3.8, 4) is 17.4 Å². The number of carbonyl (C=O) groups excluding carboxylic acids is 1. The van der Waals surface area contributed by atoms with Gasteiger partial charge in [0.05, 0.1) is 5.02 Å². The molecule has 0 spiro atoms. The third kappa shape index (κ3) is 5.29. The van der Waals surface area contributed by atoms with Crippen molar-refractivity contribution in [2.24, 2.45) is 0 Å². The van der Waals surface area contributed by atoms with Crippen LogP contribution in [0.4, 0.5) is 5.82 Å². The van der Waals surface area contributed by atoms with E-state index in [1.165, 1.54) is 6.33 Å². The summed E-state index contributed by atoms with van der Waals surface area (Å²) >= 11 is 6.24. The number of hydrogen-bond donors (Lipinski definition) is 0. The molecule has 8 heteroatoms. The molecule has 1 unspecified atom stereocenters. The minimum Gasteiger partial charge on any atom is -0.484 e. The molecule has 1 aliphatic heterocycles. The van der Waals surface area contributed by atoms with E-state index in [1.54, 1.807) is 12.1 Å². The van der Waals surface area contributed by atoms with Gasteiger partial charge in [0.15, 0.2) is 6.61 Å². The topological polar surface area (TPSA) is 67.8 Å². The molecule has 1 atom stereocenters. The van der Waals surface area contributed by atoms with Crippen LogP contribution in [0.1, 0.15) is 12.5 Å². The fraction of sp³-hybridized carbons (Fsp3) is 0.292. The summed E-state index contributed by atoms with van der Waals surface area (Å²) in [7, 11) is 0. The number of anilines is 1. The lowest BCUT2D eigenvalue weighted by molar-refractivity contribution is -0.135. The highest BCUT2D eigenvalue weighted by molar-refractivity contribution is 6.32. The van der Waals surface area contributed by atoms with E-state index in [4.69, 9.17) is 21.1 Å². The first kappa shape index (κ1) is 21.9. The largest absolute Gasteiger partial charge is 0.484 e. The highest BCUT2D eigenvalue weighted by atomic mass is 35.5. The van der Waals surface area contributed by atoms with Crippen LogP contribution in [0.25, 0.3) is 0 Å². The summed E-state index contributed by atoms with van der Waals surface area (Å²) in [5.74, 6) is 2.39. The molecule has 166 valence electrons. The Hall–Kier alpha value is -3.32. The number of aryl methyl sites for hydroxylation is 1. The van der Waals surface area contributed by atoms with Crippen molar-refractivity contribution in [2.45, 2.75) is 19.9 Å². The highest BCUT2D eigenvalue weighted by Crippen LogP contribution is 2.30. The van der Waals surface area contributed by atoms with Crippen molar-refractivity contribution in [1.29, 1.82) is 0 Å². The van der Waals surface area contributed by atoms with Gasteiger partial charge in [-0.25, -0.2) is 9.97 Å². The zero-order chi connectivity index (χ0) is 22.5. The number of halogens is 1. The minimum atomic E-state index is -0.0261. The summed E-state index contributed by atoms with van der Waals surface area (Å²) in [5, 5.41) is 0.522. The molecular formula is C24H25ClN4O3. The number of nitrogens with zero attached hydrogens (tertiary/aromatic N) is 4. The van der Waals surface area contributed by atoms with E-state index < -0.39 is 0 Å². The Labute approximate surface area is 192 Å². The third-order valence-electron chi connectivity index (χ3n) is 5.31. The fourth-order valence-electron chi connectivity index (χ4n) is 3.64. The van der Waals surface area contributed by atoms with Gasteiger partial charge in [0.25, 0.3) is 5.91 Å². The van der Waals surface area contributed by atoms with Crippen molar-refractivity contribution in [3.63, 3.8) is 0 Å². The average molecular weight is 453 g/mol. The summed E-state index contributed by atoms with van der Waals surface area (Å²) in [6, 6.07) is 16.8. The van der Waals surface area contributed by atoms with Crippen LogP contribution in [0.2, 0.25) is 5.02 Å². The van der Waals surface area contributed by atoms with E-state index in [9.17, 15) is 4.79 Å². The summed E-state index contributed by atoms with van der Waals surface area (Å²) in [5.41, 5.74) is 1.05. The number of hydrogen-bond acceptors (Lipinski definition) is 6. The zero-order valence-electron chi connectivity index (χ0n) is 18.1. The second kappa shape index (κ2) is 9.87. The number of rotatable bonds is 6. The van der Waals surface area contributed by atoms with Gasteiger partial charge >= 0.3 is 0 Å². The second-order valence-corrected chi connectivity index (χ2v) is 8.14. The Morgan fingerprint density at radius 1 is 1.12 bits per heavy atom. The highest BCUT2D eigenvalue weighted by Gasteiger charge is 2.28. The van der Waals surface area contributed by atoms with Gasteiger partial charge in [-0.2, -0.15) is 0 Å². The molecular weight excluding hydrogens is 428 g/mol. The molecule has 0 saturated carbocycles. The van der Waals surface area contributed by atoms with E-state index in [0.717, 1.165) is 11.4 Å². The van der Waals surface area contributed by atoms with Crippen LogP contribution in [-0.2, 0) is 4.79 Å². The van der Waals surface area contributed by atoms with Gasteiger partial charge in [-0.05, 0) is 43.7 Å². The van der Waals surface area contributed by atoms with Crippen LogP contribution < -0.4 is 14.4 Å². The lowest BCUT2D eigenvalue weighted by Crippen LogP contribution is -2.55. The molecule has 1 fully saturated rings. The summed E-state index contributed by atoms with van der Waals surface area (Å²) in [6.07, 6.45) is 1.48. The normalized spacial score (nSPS) is 16.0. The molecule has 1 saturated heterocycles. The predicted octanol–water partition coefficient (Wildman–Crippen LogP) is 4.35. The van der Waals surface area contributed by atoms with Crippen molar-refractivity contribution in [2.75, 3.05) is 31.1 Å². The van der Waals surface area contributed by atoms with Crippen LogP contribution in [0.5, 0.6) is 17.4 Å². The number of carbonyl (C=O) groups is 1. The maximum Gasteiger partial charge on any atom is 0.260 e. The number of amides is 1. The van der Waals surface area contributed by atoms with Crippen molar-refractivity contribution >= 4 is 23.3 Å². The molecule has 0 N–H and O–H groups in total. The maximum atomic E-state index is 12.7. The van der Waals surface area contributed by atoms with Crippen molar-refractivity contribution < 1.29 is 14.3 Å². The molecule has 7 nitrogen and oxygen atoms in total. The first-order valence-electron chi connectivity index (χ1n) is 10.5. The van der Waals surface area contributed by atoms with E-state index in [-0.39, 0.29) is 18.6 Å². The third-order valence-corrected chi connectivity index (χ3v) is 5.62. The van der Waals surface area contributed by atoms with Gasteiger partial charge in [-0.15, -0.1) is 0 Å². The first-order valence-corrected chi connectivity index (χ1v) is 10.9. The van der Waals surface area contributed by atoms with E-state index in [2.05, 4.69) is 14.9 Å². The number of benzene rings is 2. The van der Waals surface area contributed by atoms with Gasteiger partial charge < -0.3 is 19.3 Å². The fourth-order valence-corrected chi connectivity index (χ4v) is 3.80. The maximum absolute atomic E-state index is 12.7. The van der Waals surface area contributed by atoms with Gasteiger partial charge in [0, 0.05) is 31.7 Å².